The zero-order valence-electron chi connectivity index (χ0n) is 14.7. The number of benzene rings is 1. The molecule has 0 unspecified atom stereocenters. The molecule has 0 aliphatic heterocycles. The Bertz CT molecular complexity index is 892. The number of nitrogens with zero attached hydrogens (tertiary/aromatic N) is 3. The van der Waals surface area contributed by atoms with Gasteiger partial charge >= 0.3 is 17.1 Å². The minimum absolute atomic E-state index is 0. The van der Waals surface area contributed by atoms with Crippen LogP contribution in [0.2, 0.25) is 0 Å². The van der Waals surface area contributed by atoms with E-state index in [4.69, 9.17) is 0 Å². The van der Waals surface area contributed by atoms with E-state index in [0.717, 1.165) is 15.7 Å². The van der Waals surface area contributed by atoms with Crippen LogP contribution < -0.4 is 0 Å². The molecule has 0 aliphatic rings. The first-order chi connectivity index (χ1) is 12.2. The maximum absolute atomic E-state index is 4.31. The van der Waals surface area contributed by atoms with Crippen LogP contribution in [0.4, 0.5) is 0 Å². The van der Waals surface area contributed by atoms with E-state index in [1.165, 1.54) is 11.1 Å². The van der Waals surface area contributed by atoms with Gasteiger partial charge in [-0.25, -0.2) is 18.2 Å². The quantitative estimate of drug-likeness (QED) is 0.294. The van der Waals surface area contributed by atoms with Gasteiger partial charge in [0, 0.05) is 11.6 Å². The standard InChI is InChI=1S/C16H15BrN3.C5H5.Fe/c1-11-6-3-4-7-13(11)16-10-20(19-18-16)12(2)14-8-5-9-15(14)17;1-2-4-5-3-1;/h3-10,12H,1-2H3;1-5H;/q2*-1;+2/t12-;;/m0../s1. The maximum atomic E-state index is 4.31. The molecular weight excluding hydrogens is 430 g/mol. The van der Waals surface area contributed by atoms with E-state index in [9.17, 15) is 0 Å². The fraction of sp³-hybridized carbons (Fsp3) is 0.143. The molecule has 0 radical (unpaired) electrons. The van der Waals surface area contributed by atoms with E-state index < -0.39 is 0 Å². The van der Waals surface area contributed by atoms with E-state index in [2.05, 4.69) is 58.3 Å². The average molecular weight is 450 g/mol. The average Bonchev–Trinajstić information content (AvgIpc) is 3.38. The monoisotopic (exact) mass is 449 g/mol. The van der Waals surface area contributed by atoms with Crippen LogP contribution in [0.3, 0.4) is 0 Å². The molecule has 1 aromatic heterocycles. The van der Waals surface area contributed by atoms with Gasteiger partial charge in [0.2, 0.25) is 0 Å². The zero-order valence-corrected chi connectivity index (χ0v) is 17.3. The van der Waals surface area contributed by atoms with Crippen LogP contribution in [0.15, 0.2) is 83.5 Å². The molecular formula is C21H20BrFeN3. The number of hydrogen-bond acceptors (Lipinski definition) is 2. The third kappa shape index (κ3) is 4.82. The normalized spacial score (nSPS) is 11.2. The van der Waals surface area contributed by atoms with Crippen molar-refractivity contribution in [2.45, 2.75) is 19.9 Å². The van der Waals surface area contributed by atoms with Crippen molar-refractivity contribution in [2.75, 3.05) is 0 Å². The van der Waals surface area contributed by atoms with Gasteiger partial charge in [0.05, 0.1) is 6.20 Å². The molecule has 0 amide bonds. The third-order valence-electron chi connectivity index (χ3n) is 4.13. The van der Waals surface area contributed by atoms with Gasteiger partial charge in [-0.15, -0.1) is 5.10 Å². The summed E-state index contributed by atoms with van der Waals surface area (Å²) in [7, 11) is 0. The van der Waals surface area contributed by atoms with Crippen LogP contribution in [0.25, 0.3) is 11.3 Å². The fourth-order valence-electron chi connectivity index (χ4n) is 2.66. The van der Waals surface area contributed by atoms with Crippen molar-refractivity contribution < 1.29 is 17.1 Å². The molecule has 5 heteroatoms. The second kappa shape index (κ2) is 9.67. The minimum atomic E-state index is 0. The van der Waals surface area contributed by atoms with Gasteiger partial charge in [-0.05, 0) is 12.5 Å². The van der Waals surface area contributed by atoms with Crippen LogP contribution in [0, 0.1) is 6.92 Å². The molecule has 0 saturated heterocycles. The third-order valence-corrected chi connectivity index (χ3v) is 4.85. The van der Waals surface area contributed by atoms with Crippen molar-refractivity contribution in [1.29, 1.82) is 0 Å². The Morgan fingerprint density at radius 2 is 1.77 bits per heavy atom. The molecule has 0 aliphatic carbocycles. The number of halogens is 1. The van der Waals surface area contributed by atoms with Gasteiger partial charge in [-0.1, -0.05) is 56.8 Å². The summed E-state index contributed by atoms with van der Waals surface area (Å²) in [6.45, 7) is 4.21. The molecule has 0 bridgehead atoms. The Morgan fingerprint density at radius 1 is 1.04 bits per heavy atom. The molecule has 3 aromatic carbocycles. The van der Waals surface area contributed by atoms with Crippen molar-refractivity contribution in [3.63, 3.8) is 0 Å². The first-order valence-electron chi connectivity index (χ1n) is 8.22. The largest absolute Gasteiger partial charge is 2.00 e. The van der Waals surface area contributed by atoms with Crippen molar-refractivity contribution in [3.05, 3.63) is 94.6 Å². The number of hydrogen-bond donors (Lipinski definition) is 0. The molecule has 26 heavy (non-hydrogen) atoms. The van der Waals surface area contributed by atoms with Gasteiger partial charge in [0.15, 0.2) is 0 Å². The Morgan fingerprint density at radius 3 is 2.35 bits per heavy atom. The van der Waals surface area contributed by atoms with E-state index in [1.807, 2.05) is 65.5 Å². The smallest absolute Gasteiger partial charge is 0.257 e. The number of aryl methyl sites for hydroxylation is 1. The Labute approximate surface area is 173 Å². The predicted molar refractivity (Wildman–Crippen MR) is 106 cm³/mol. The molecule has 0 N–H and O–H groups in total. The molecule has 134 valence electrons. The molecule has 4 rings (SSSR count). The SMILES string of the molecule is Cc1ccccc1-c1cn([C@@H](C)c2cc[cH-]c2Br)nn1.[Fe+2].c1cc[cH-]c1. The van der Waals surface area contributed by atoms with Crippen LogP contribution in [0.5, 0.6) is 0 Å². The van der Waals surface area contributed by atoms with Crippen molar-refractivity contribution >= 4 is 15.9 Å². The Kier molecular flexibility index (Phi) is 7.58. The summed E-state index contributed by atoms with van der Waals surface area (Å²) in [5, 5.41) is 8.58. The molecule has 1 heterocycles. The molecule has 1 atom stereocenters. The summed E-state index contributed by atoms with van der Waals surface area (Å²) in [4.78, 5) is 0. The van der Waals surface area contributed by atoms with Crippen LogP contribution >= 0.6 is 15.9 Å². The second-order valence-electron chi connectivity index (χ2n) is 5.87. The summed E-state index contributed by atoms with van der Waals surface area (Å²) in [6, 6.07) is 24.6. The van der Waals surface area contributed by atoms with E-state index in [-0.39, 0.29) is 23.1 Å². The molecule has 3 nitrogen and oxygen atoms in total. The number of rotatable bonds is 3. The zero-order chi connectivity index (χ0) is 17.6. The van der Waals surface area contributed by atoms with Gasteiger partial charge in [-0.2, -0.15) is 35.9 Å². The molecule has 0 fully saturated rings. The van der Waals surface area contributed by atoms with Crippen LogP contribution in [-0.2, 0) is 17.1 Å². The van der Waals surface area contributed by atoms with Gasteiger partial charge < -0.3 is 0 Å². The fourth-order valence-corrected chi connectivity index (χ4v) is 3.28. The Balaban J connectivity index is 0.000000351. The van der Waals surface area contributed by atoms with Gasteiger partial charge in [0.1, 0.15) is 5.69 Å². The van der Waals surface area contributed by atoms with Gasteiger partial charge in [-0.3, -0.25) is 4.68 Å². The first kappa shape index (κ1) is 20.4. The topological polar surface area (TPSA) is 30.7 Å². The summed E-state index contributed by atoms with van der Waals surface area (Å²) < 4.78 is 3.01. The number of aromatic nitrogens is 3. The van der Waals surface area contributed by atoms with Crippen molar-refractivity contribution in [1.82, 2.24) is 15.0 Å². The summed E-state index contributed by atoms with van der Waals surface area (Å²) in [6.07, 6.45) is 2.01. The van der Waals surface area contributed by atoms with Crippen molar-refractivity contribution in [3.8, 4) is 11.3 Å². The summed E-state index contributed by atoms with van der Waals surface area (Å²) in [5.41, 5.74) is 4.47. The summed E-state index contributed by atoms with van der Waals surface area (Å²) >= 11 is 3.57. The van der Waals surface area contributed by atoms with E-state index in [1.54, 1.807) is 0 Å². The summed E-state index contributed by atoms with van der Waals surface area (Å²) in [5.74, 6) is 0. The molecule has 0 saturated carbocycles. The van der Waals surface area contributed by atoms with Crippen molar-refractivity contribution in [2.24, 2.45) is 0 Å². The van der Waals surface area contributed by atoms with Crippen LogP contribution in [0.1, 0.15) is 24.1 Å². The predicted octanol–water partition coefficient (Wildman–Crippen LogP) is 5.75. The van der Waals surface area contributed by atoms with E-state index in [0.29, 0.717) is 0 Å². The second-order valence-corrected chi connectivity index (χ2v) is 6.72. The molecule has 0 spiro atoms. The van der Waals surface area contributed by atoms with Crippen LogP contribution in [-0.4, -0.2) is 15.0 Å². The molecule has 4 aromatic rings. The van der Waals surface area contributed by atoms with E-state index >= 15 is 0 Å². The maximum Gasteiger partial charge on any atom is 2.00 e. The Hall–Kier alpha value is -1.94. The van der Waals surface area contributed by atoms with Gasteiger partial charge in [0.25, 0.3) is 0 Å². The first-order valence-corrected chi connectivity index (χ1v) is 9.01. The minimum Gasteiger partial charge on any atom is -0.257 e.